The van der Waals surface area contributed by atoms with Crippen molar-refractivity contribution in [2.75, 3.05) is 5.32 Å². The number of nitrogens with one attached hydrogen (secondary N) is 1. The second-order valence-corrected chi connectivity index (χ2v) is 5.13. The van der Waals surface area contributed by atoms with Crippen LogP contribution in [0.4, 0.5) is 5.69 Å². The molecular formula is C11H13BrN2. The van der Waals surface area contributed by atoms with E-state index in [1.54, 1.807) is 6.07 Å². The summed E-state index contributed by atoms with van der Waals surface area (Å²) in [4.78, 5) is 0. The van der Waals surface area contributed by atoms with Gasteiger partial charge in [0.1, 0.15) is 0 Å². The molecule has 2 nitrogen and oxygen atoms in total. The Hall–Kier alpha value is -1.01. The summed E-state index contributed by atoms with van der Waals surface area (Å²) in [5.41, 5.74) is 1.63. The lowest BCUT2D eigenvalue weighted by atomic mass is 10.1. The maximum Gasteiger partial charge on any atom is 0.0992 e. The Bertz CT molecular complexity index is 372. The van der Waals surface area contributed by atoms with Crippen LogP contribution < -0.4 is 5.32 Å². The molecule has 1 aromatic carbocycles. The first-order valence-electron chi connectivity index (χ1n) is 4.39. The molecule has 0 aliphatic heterocycles. The van der Waals surface area contributed by atoms with Crippen molar-refractivity contribution in [2.24, 2.45) is 0 Å². The zero-order valence-corrected chi connectivity index (χ0v) is 10.1. The van der Waals surface area contributed by atoms with Crippen molar-refractivity contribution in [3.05, 3.63) is 28.2 Å². The van der Waals surface area contributed by atoms with Gasteiger partial charge in [-0.25, -0.2) is 0 Å². The molecule has 0 spiro atoms. The SMILES string of the molecule is CC(C)(C)Nc1cc(Br)cc(C#N)c1. The molecule has 0 aromatic heterocycles. The van der Waals surface area contributed by atoms with Gasteiger partial charge in [0.2, 0.25) is 0 Å². The van der Waals surface area contributed by atoms with Crippen molar-refractivity contribution in [2.45, 2.75) is 26.3 Å². The minimum Gasteiger partial charge on any atom is -0.380 e. The van der Waals surface area contributed by atoms with Crippen LogP contribution in [0.3, 0.4) is 0 Å². The summed E-state index contributed by atoms with van der Waals surface area (Å²) in [7, 11) is 0. The van der Waals surface area contributed by atoms with Crippen LogP contribution in [-0.2, 0) is 0 Å². The highest BCUT2D eigenvalue weighted by Gasteiger charge is 2.09. The molecule has 1 rings (SSSR count). The molecule has 0 atom stereocenters. The van der Waals surface area contributed by atoms with Crippen LogP contribution in [0, 0.1) is 11.3 Å². The van der Waals surface area contributed by atoms with Crippen molar-refractivity contribution in [3.8, 4) is 6.07 Å². The van der Waals surface area contributed by atoms with Gasteiger partial charge >= 0.3 is 0 Å². The van der Waals surface area contributed by atoms with Crippen LogP contribution in [0.5, 0.6) is 0 Å². The molecular weight excluding hydrogens is 240 g/mol. The van der Waals surface area contributed by atoms with Crippen LogP contribution in [0.2, 0.25) is 0 Å². The Morgan fingerprint density at radius 1 is 1.29 bits per heavy atom. The van der Waals surface area contributed by atoms with Crippen molar-refractivity contribution in [3.63, 3.8) is 0 Å². The minimum absolute atomic E-state index is 0.00746. The standard InChI is InChI=1S/C11H13BrN2/c1-11(2,3)14-10-5-8(7-13)4-9(12)6-10/h4-6,14H,1-3H3. The number of hydrogen-bond donors (Lipinski definition) is 1. The van der Waals surface area contributed by atoms with E-state index in [9.17, 15) is 0 Å². The molecule has 0 aliphatic rings. The maximum atomic E-state index is 8.79. The molecule has 0 fully saturated rings. The van der Waals surface area contributed by atoms with E-state index >= 15 is 0 Å². The maximum absolute atomic E-state index is 8.79. The third-order valence-electron chi connectivity index (χ3n) is 1.55. The van der Waals surface area contributed by atoms with Gasteiger partial charge in [-0.2, -0.15) is 5.26 Å². The van der Waals surface area contributed by atoms with Crippen LogP contribution >= 0.6 is 15.9 Å². The molecule has 0 radical (unpaired) electrons. The van der Waals surface area contributed by atoms with Crippen molar-refractivity contribution in [1.82, 2.24) is 0 Å². The summed E-state index contributed by atoms with van der Waals surface area (Å²) in [6.45, 7) is 6.25. The minimum atomic E-state index is 0.00746. The van der Waals surface area contributed by atoms with Crippen molar-refractivity contribution in [1.29, 1.82) is 5.26 Å². The average Bonchev–Trinajstić information content (AvgIpc) is 1.99. The van der Waals surface area contributed by atoms with Gasteiger partial charge in [0.15, 0.2) is 0 Å². The predicted octanol–water partition coefficient (Wildman–Crippen LogP) is 3.53. The molecule has 0 heterocycles. The second-order valence-electron chi connectivity index (χ2n) is 4.22. The van der Waals surface area contributed by atoms with E-state index in [1.807, 2.05) is 12.1 Å². The fourth-order valence-corrected chi connectivity index (χ4v) is 1.65. The molecule has 1 N–H and O–H groups in total. The third-order valence-corrected chi connectivity index (χ3v) is 2.00. The summed E-state index contributed by atoms with van der Waals surface area (Å²) in [6.07, 6.45) is 0. The van der Waals surface area contributed by atoms with Gasteiger partial charge in [0, 0.05) is 15.7 Å². The summed E-state index contributed by atoms with van der Waals surface area (Å²) < 4.78 is 0.920. The lowest BCUT2D eigenvalue weighted by Crippen LogP contribution is -2.26. The Morgan fingerprint density at radius 2 is 1.93 bits per heavy atom. The van der Waals surface area contributed by atoms with E-state index in [4.69, 9.17) is 5.26 Å². The van der Waals surface area contributed by atoms with E-state index in [0.29, 0.717) is 5.56 Å². The zero-order valence-electron chi connectivity index (χ0n) is 8.56. The van der Waals surface area contributed by atoms with Gasteiger partial charge in [-0.15, -0.1) is 0 Å². The van der Waals surface area contributed by atoms with Crippen LogP contribution in [0.15, 0.2) is 22.7 Å². The largest absolute Gasteiger partial charge is 0.380 e. The molecule has 0 saturated carbocycles. The first kappa shape index (κ1) is 11.1. The average molecular weight is 253 g/mol. The fourth-order valence-electron chi connectivity index (χ4n) is 1.16. The van der Waals surface area contributed by atoms with E-state index < -0.39 is 0 Å². The molecule has 74 valence electrons. The monoisotopic (exact) mass is 252 g/mol. The highest BCUT2D eigenvalue weighted by atomic mass is 79.9. The van der Waals surface area contributed by atoms with Gasteiger partial charge in [0.05, 0.1) is 11.6 Å². The quantitative estimate of drug-likeness (QED) is 0.830. The molecule has 3 heteroatoms. The fraction of sp³-hybridized carbons (Fsp3) is 0.364. The van der Waals surface area contributed by atoms with Gasteiger partial charge in [-0.1, -0.05) is 15.9 Å². The zero-order chi connectivity index (χ0) is 10.8. The number of anilines is 1. The summed E-state index contributed by atoms with van der Waals surface area (Å²) in [5.74, 6) is 0. The van der Waals surface area contributed by atoms with E-state index in [1.165, 1.54) is 0 Å². The molecule has 0 saturated heterocycles. The highest BCUT2D eigenvalue weighted by Crippen LogP contribution is 2.21. The Kier molecular flexibility index (Phi) is 3.17. The first-order chi connectivity index (χ1) is 6.40. The Morgan fingerprint density at radius 3 is 2.43 bits per heavy atom. The van der Waals surface area contributed by atoms with Crippen LogP contribution in [0.1, 0.15) is 26.3 Å². The van der Waals surface area contributed by atoms with Gasteiger partial charge in [-0.05, 0) is 39.0 Å². The smallest absolute Gasteiger partial charge is 0.0992 e. The second kappa shape index (κ2) is 4.02. The summed E-state index contributed by atoms with van der Waals surface area (Å²) >= 11 is 3.37. The van der Waals surface area contributed by atoms with Crippen LogP contribution in [-0.4, -0.2) is 5.54 Å². The number of nitriles is 1. The van der Waals surface area contributed by atoms with Crippen molar-refractivity contribution < 1.29 is 0 Å². The Balaban J connectivity index is 3.00. The normalized spacial score (nSPS) is 10.8. The molecule has 14 heavy (non-hydrogen) atoms. The lowest BCUT2D eigenvalue weighted by Gasteiger charge is -2.22. The van der Waals surface area contributed by atoms with E-state index in [-0.39, 0.29) is 5.54 Å². The summed E-state index contributed by atoms with van der Waals surface area (Å²) in [6, 6.07) is 7.73. The molecule has 0 amide bonds. The first-order valence-corrected chi connectivity index (χ1v) is 5.19. The topological polar surface area (TPSA) is 35.8 Å². The molecule has 1 aromatic rings. The van der Waals surface area contributed by atoms with Crippen molar-refractivity contribution >= 4 is 21.6 Å². The molecule has 0 aliphatic carbocycles. The van der Waals surface area contributed by atoms with Gasteiger partial charge < -0.3 is 5.32 Å². The number of halogens is 1. The van der Waals surface area contributed by atoms with E-state index in [0.717, 1.165) is 10.2 Å². The number of rotatable bonds is 1. The van der Waals surface area contributed by atoms with Crippen LogP contribution in [0.25, 0.3) is 0 Å². The third kappa shape index (κ3) is 3.39. The van der Waals surface area contributed by atoms with Gasteiger partial charge in [-0.3, -0.25) is 0 Å². The Labute approximate surface area is 93.1 Å². The van der Waals surface area contributed by atoms with E-state index in [2.05, 4.69) is 48.1 Å². The number of hydrogen-bond acceptors (Lipinski definition) is 2. The summed E-state index contributed by atoms with van der Waals surface area (Å²) in [5, 5.41) is 12.1. The number of benzene rings is 1. The predicted molar refractivity (Wildman–Crippen MR) is 62.2 cm³/mol. The number of nitrogens with zero attached hydrogens (tertiary/aromatic N) is 1. The lowest BCUT2D eigenvalue weighted by molar-refractivity contribution is 0.634. The molecule has 0 bridgehead atoms. The molecule has 0 unspecified atom stereocenters. The highest BCUT2D eigenvalue weighted by molar-refractivity contribution is 9.10. The van der Waals surface area contributed by atoms with Gasteiger partial charge in [0.25, 0.3) is 0 Å².